The van der Waals surface area contributed by atoms with Crippen LogP contribution in [0.25, 0.3) is 10.8 Å². The Balaban J connectivity index is 1.40. The molecule has 4 heterocycles. The van der Waals surface area contributed by atoms with Crippen molar-refractivity contribution in [1.82, 2.24) is 19.9 Å². The second-order valence-electron chi connectivity index (χ2n) is 10.9. The molecule has 2 aliphatic rings. The van der Waals surface area contributed by atoms with Gasteiger partial charge in [-0.2, -0.15) is 4.98 Å². The molecule has 1 aromatic carbocycles. The molecule has 4 atom stereocenters. The smallest absolute Gasteiger partial charge is 0.233 e. The van der Waals surface area contributed by atoms with Crippen LogP contribution in [-0.2, 0) is 14.6 Å². The summed E-state index contributed by atoms with van der Waals surface area (Å²) in [5.74, 6) is 1.93. The van der Waals surface area contributed by atoms with Crippen LogP contribution in [-0.4, -0.2) is 85.4 Å². The van der Waals surface area contributed by atoms with E-state index in [-0.39, 0.29) is 30.2 Å². The van der Waals surface area contributed by atoms with E-state index in [4.69, 9.17) is 4.74 Å². The van der Waals surface area contributed by atoms with Gasteiger partial charge in [0.1, 0.15) is 28.2 Å². The highest BCUT2D eigenvalue weighted by molar-refractivity contribution is 7.90. The van der Waals surface area contributed by atoms with Crippen molar-refractivity contribution in [3.05, 3.63) is 36.3 Å². The van der Waals surface area contributed by atoms with Gasteiger partial charge in [0.15, 0.2) is 0 Å². The second kappa shape index (κ2) is 10.8. The van der Waals surface area contributed by atoms with Crippen LogP contribution < -0.4 is 15.1 Å². The molecule has 3 aromatic rings. The van der Waals surface area contributed by atoms with E-state index in [1.54, 1.807) is 4.90 Å². The minimum atomic E-state index is -3.03. The van der Waals surface area contributed by atoms with E-state index >= 15 is 0 Å². The Bertz CT molecular complexity index is 1450. The van der Waals surface area contributed by atoms with Crippen LogP contribution >= 0.6 is 0 Å². The van der Waals surface area contributed by atoms with Gasteiger partial charge in [-0.1, -0.05) is 19.9 Å². The SMILES string of the molecule is CO[C@H]1CCN(c2ncnc(Nc3cc4c(C(C)C)ccc(N5C[C@@H](CS(C)(=O)=O)[C@@H]5C)c4cn3)n2)C[C@H]1F. The lowest BCUT2D eigenvalue weighted by atomic mass is 9.88. The molecule has 210 valence electrons. The Hall–Kier alpha value is -3.12. The quantitative estimate of drug-likeness (QED) is 0.440. The number of sulfone groups is 1. The average Bonchev–Trinajstić information content (AvgIpc) is 2.89. The number of rotatable bonds is 8. The first-order valence-electron chi connectivity index (χ1n) is 13.3. The molecular formula is C27H36FN7O3S. The number of anilines is 4. The minimum absolute atomic E-state index is 0.111. The number of methoxy groups -OCH3 is 1. The number of hydrogen-bond acceptors (Lipinski definition) is 10. The second-order valence-corrected chi connectivity index (χ2v) is 13.1. The van der Waals surface area contributed by atoms with Gasteiger partial charge in [-0.3, -0.25) is 0 Å². The van der Waals surface area contributed by atoms with E-state index in [0.29, 0.717) is 37.2 Å². The fourth-order valence-corrected chi connectivity index (χ4v) is 6.76. The molecule has 5 rings (SSSR count). The molecule has 0 unspecified atom stereocenters. The number of ether oxygens (including phenoxy) is 1. The predicted octanol–water partition coefficient (Wildman–Crippen LogP) is 3.72. The first kappa shape index (κ1) is 27.4. The Morgan fingerprint density at radius 3 is 2.64 bits per heavy atom. The van der Waals surface area contributed by atoms with Crippen LogP contribution in [0.4, 0.5) is 27.8 Å². The van der Waals surface area contributed by atoms with Crippen LogP contribution in [0.5, 0.6) is 0 Å². The molecule has 0 spiro atoms. The first-order valence-corrected chi connectivity index (χ1v) is 15.3. The lowest BCUT2D eigenvalue weighted by Gasteiger charge is -2.48. The molecule has 2 aromatic heterocycles. The number of nitrogens with one attached hydrogen (secondary N) is 1. The summed E-state index contributed by atoms with van der Waals surface area (Å²) in [7, 11) is -1.50. The highest BCUT2D eigenvalue weighted by Gasteiger charge is 2.38. The monoisotopic (exact) mass is 557 g/mol. The van der Waals surface area contributed by atoms with Crippen LogP contribution in [0.1, 0.15) is 38.7 Å². The number of halogens is 1. The normalized spacial score (nSPS) is 23.8. The van der Waals surface area contributed by atoms with E-state index in [1.165, 1.54) is 25.3 Å². The zero-order valence-corrected chi connectivity index (χ0v) is 23.8. The molecule has 10 nitrogen and oxygen atoms in total. The van der Waals surface area contributed by atoms with Gasteiger partial charge in [0.2, 0.25) is 11.9 Å². The fraction of sp³-hybridized carbons (Fsp3) is 0.556. The van der Waals surface area contributed by atoms with Crippen molar-refractivity contribution in [3.63, 3.8) is 0 Å². The first-order chi connectivity index (χ1) is 18.5. The number of benzene rings is 1. The maximum Gasteiger partial charge on any atom is 0.233 e. The summed E-state index contributed by atoms with van der Waals surface area (Å²) < 4.78 is 43.3. The van der Waals surface area contributed by atoms with Crippen molar-refractivity contribution < 1.29 is 17.5 Å². The molecule has 12 heteroatoms. The van der Waals surface area contributed by atoms with Crippen molar-refractivity contribution in [2.75, 3.05) is 53.9 Å². The summed E-state index contributed by atoms with van der Waals surface area (Å²) >= 11 is 0. The molecule has 2 aliphatic heterocycles. The molecule has 0 bridgehead atoms. The van der Waals surface area contributed by atoms with Gasteiger partial charge >= 0.3 is 0 Å². The minimum Gasteiger partial charge on any atom is -0.378 e. The van der Waals surface area contributed by atoms with Gasteiger partial charge < -0.3 is 19.9 Å². The average molecular weight is 558 g/mol. The van der Waals surface area contributed by atoms with E-state index in [1.807, 2.05) is 12.3 Å². The molecule has 0 amide bonds. The summed E-state index contributed by atoms with van der Waals surface area (Å²) in [4.78, 5) is 21.7. The molecular weight excluding hydrogens is 521 g/mol. The number of aromatic nitrogens is 4. The predicted molar refractivity (Wildman–Crippen MR) is 151 cm³/mol. The zero-order chi connectivity index (χ0) is 27.9. The molecule has 2 fully saturated rings. The molecule has 0 saturated carbocycles. The lowest BCUT2D eigenvalue weighted by molar-refractivity contribution is 0.0194. The third-order valence-corrected chi connectivity index (χ3v) is 8.86. The number of piperidine rings is 1. The van der Waals surface area contributed by atoms with Gasteiger partial charge in [-0.25, -0.2) is 27.8 Å². The van der Waals surface area contributed by atoms with E-state index in [0.717, 1.165) is 16.5 Å². The number of fused-ring (bicyclic) bond motifs is 1. The summed E-state index contributed by atoms with van der Waals surface area (Å²) in [5, 5.41) is 5.27. The standard InChI is InChI=1S/C27H36FN7O3S/c1-16(2)19-6-7-23(35-12-18(17(35)3)14-39(5,36)37)21-11-29-25(10-20(19)21)32-26-30-15-31-27(33-26)34-9-8-24(38-4)22(28)13-34/h6-7,10-11,15-18,22,24H,8-9,12-14H2,1-5H3,(H,29,30,31,32,33)/t17-,18-,22+,24-/m0/s1. The summed E-state index contributed by atoms with van der Waals surface area (Å²) in [6, 6.07) is 6.37. The number of nitrogens with zero attached hydrogens (tertiary/aromatic N) is 6. The Morgan fingerprint density at radius 1 is 1.18 bits per heavy atom. The van der Waals surface area contributed by atoms with Gasteiger partial charge in [-0.15, -0.1) is 0 Å². The van der Waals surface area contributed by atoms with E-state index in [9.17, 15) is 12.8 Å². The molecule has 0 aliphatic carbocycles. The Morgan fingerprint density at radius 2 is 1.97 bits per heavy atom. The highest BCUT2D eigenvalue weighted by Crippen LogP contribution is 2.39. The fourth-order valence-electron chi connectivity index (χ4n) is 5.60. The maximum atomic E-state index is 14.4. The Kier molecular flexibility index (Phi) is 7.60. The van der Waals surface area contributed by atoms with Crippen LogP contribution in [0, 0.1) is 5.92 Å². The van der Waals surface area contributed by atoms with Crippen molar-refractivity contribution in [3.8, 4) is 0 Å². The van der Waals surface area contributed by atoms with Crippen LogP contribution in [0.3, 0.4) is 0 Å². The van der Waals surface area contributed by atoms with E-state index < -0.39 is 22.1 Å². The number of alkyl halides is 1. The van der Waals surface area contributed by atoms with Gasteiger partial charge in [0.05, 0.1) is 18.4 Å². The van der Waals surface area contributed by atoms with Crippen LogP contribution in [0.15, 0.2) is 30.7 Å². The summed E-state index contributed by atoms with van der Waals surface area (Å²) in [5.41, 5.74) is 2.24. The van der Waals surface area contributed by atoms with E-state index in [2.05, 4.69) is 63.1 Å². The highest BCUT2D eigenvalue weighted by atomic mass is 32.2. The van der Waals surface area contributed by atoms with Crippen molar-refractivity contribution in [2.45, 2.75) is 51.4 Å². The van der Waals surface area contributed by atoms with Crippen molar-refractivity contribution in [2.24, 2.45) is 5.92 Å². The molecule has 0 radical (unpaired) electrons. The van der Waals surface area contributed by atoms with Crippen molar-refractivity contribution in [1.29, 1.82) is 0 Å². The third-order valence-electron chi connectivity index (χ3n) is 7.83. The zero-order valence-electron chi connectivity index (χ0n) is 23.0. The third kappa shape index (κ3) is 5.76. The van der Waals surface area contributed by atoms with Gasteiger partial charge in [0.25, 0.3) is 0 Å². The van der Waals surface area contributed by atoms with Gasteiger partial charge in [0, 0.05) is 55.7 Å². The lowest BCUT2D eigenvalue weighted by Crippen LogP contribution is -2.57. The maximum absolute atomic E-state index is 14.4. The largest absolute Gasteiger partial charge is 0.378 e. The molecule has 1 N–H and O–H groups in total. The summed E-state index contributed by atoms with van der Waals surface area (Å²) in [6.45, 7) is 7.83. The number of hydrogen-bond donors (Lipinski definition) is 1. The summed E-state index contributed by atoms with van der Waals surface area (Å²) in [6.07, 6.45) is 3.59. The molecule has 2 saturated heterocycles. The topological polar surface area (TPSA) is 113 Å². The van der Waals surface area contributed by atoms with Gasteiger partial charge in [-0.05, 0) is 42.3 Å². The molecule has 39 heavy (non-hydrogen) atoms. The Labute approximate surface area is 228 Å². The van der Waals surface area contributed by atoms with Crippen molar-refractivity contribution >= 4 is 44.0 Å². The number of pyridine rings is 1. The van der Waals surface area contributed by atoms with Crippen LogP contribution in [0.2, 0.25) is 0 Å².